The SMILES string of the molecule is O=C(O)C1=Nc2c(Cl)cccc2ON1. The summed E-state index contributed by atoms with van der Waals surface area (Å²) in [6.45, 7) is 0. The molecule has 72 valence electrons. The lowest BCUT2D eigenvalue weighted by atomic mass is 10.3. The molecule has 0 saturated heterocycles. The zero-order valence-electron chi connectivity index (χ0n) is 6.82. The molecule has 0 fully saturated rings. The third-order valence-electron chi connectivity index (χ3n) is 1.63. The van der Waals surface area contributed by atoms with Crippen LogP contribution in [0, 0.1) is 0 Å². The monoisotopic (exact) mass is 212 g/mol. The van der Waals surface area contributed by atoms with Gasteiger partial charge in [-0.2, -0.15) is 5.48 Å². The van der Waals surface area contributed by atoms with Crippen molar-refractivity contribution in [1.82, 2.24) is 5.48 Å². The van der Waals surface area contributed by atoms with Crippen LogP contribution in [-0.2, 0) is 4.79 Å². The van der Waals surface area contributed by atoms with E-state index in [1.165, 1.54) is 0 Å². The number of hydrogen-bond donors (Lipinski definition) is 2. The minimum absolute atomic E-state index is 0.286. The van der Waals surface area contributed by atoms with Gasteiger partial charge in [-0.15, -0.1) is 0 Å². The van der Waals surface area contributed by atoms with Crippen LogP contribution in [0.5, 0.6) is 5.75 Å². The minimum atomic E-state index is -1.20. The Morgan fingerprint density at radius 2 is 2.36 bits per heavy atom. The number of halogens is 1. The standard InChI is InChI=1S/C8H5ClN2O3/c9-4-2-1-3-5-6(4)10-7(8(12)13)11-14-5/h1-3H,(H,10,11)(H,12,13). The fourth-order valence-corrected chi connectivity index (χ4v) is 1.22. The number of aliphatic imine (C=N–C) groups is 1. The molecule has 1 aliphatic heterocycles. The molecule has 0 bridgehead atoms. The summed E-state index contributed by atoms with van der Waals surface area (Å²) in [6.07, 6.45) is 0. The first-order valence-corrected chi connectivity index (χ1v) is 4.09. The summed E-state index contributed by atoms with van der Waals surface area (Å²) >= 11 is 5.80. The Morgan fingerprint density at radius 1 is 1.57 bits per heavy atom. The number of aliphatic carboxylic acids is 1. The molecular weight excluding hydrogens is 208 g/mol. The van der Waals surface area contributed by atoms with Crippen LogP contribution in [0.1, 0.15) is 0 Å². The van der Waals surface area contributed by atoms with Crippen molar-refractivity contribution in [3.8, 4) is 5.75 Å². The fraction of sp³-hybridized carbons (Fsp3) is 0. The van der Waals surface area contributed by atoms with Crippen molar-refractivity contribution >= 4 is 29.1 Å². The normalized spacial score (nSPS) is 13.4. The highest BCUT2D eigenvalue weighted by Crippen LogP contribution is 2.36. The number of amidine groups is 1. The Balaban J connectivity index is 2.52. The summed E-state index contributed by atoms with van der Waals surface area (Å²) in [7, 11) is 0. The van der Waals surface area contributed by atoms with E-state index in [4.69, 9.17) is 21.5 Å². The van der Waals surface area contributed by atoms with Gasteiger partial charge in [0.05, 0.1) is 5.02 Å². The molecule has 1 aromatic rings. The summed E-state index contributed by atoms with van der Waals surface area (Å²) in [5, 5.41) is 8.99. The third-order valence-corrected chi connectivity index (χ3v) is 1.94. The van der Waals surface area contributed by atoms with E-state index in [2.05, 4.69) is 10.5 Å². The van der Waals surface area contributed by atoms with E-state index in [1.54, 1.807) is 18.2 Å². The second kappa shape index (κ2) is 3.19. The van der Waals surface area contributed by atoms with E-state index in [0.29, 0.717) is 16.5 Å². The van der Waals surface area contributed by atoms with Crippen LogP contribution in [-0.4, -0.2) is 16.9 Å². The smallest absolute Gasteiger partial charge is 0.374 e. The van der Waals surface area contributed by atoms with E-state index < -0.39 is 5.97 Å². The Kier molecular flexibility index (Phi) is 2.01. The second-order valence-corrected chi connectivity index (χ2v) is 2.96. The van der Waals surface area contributed by atoms with Crippen molar-refractivity contribution in [3.63, 3.8) is 0 Å². The maximum absolute atomic E-state index is 10.6. The molecule has 1 heterocycles. The van der Waals surface area contributed by atoms with Crippen molar-refractivity contribution in [3.05, 3.63) is 23.2 Å². The molecule has 2 N–H and O–H groups in total. The van der Waals surface area contributed by atoms with E-state index in [0.717, 1.165) is 0 Å². The van der Waals surface area contributed by atoms with Crippen molar-refractivity contribution < 1.29 is 14.7 Å². The summed E-state index contributed by atoms with van der Waals surface area (Å²) in [5.74, 6) is -1.08. The Labute approximate surface area is 83.9 Å². The van der Waals surface area contributed by atoms with Gasteiger partial charge >= 0.3 is 5.97 Å². The molecule has 1 aromatic carbocycles. The predicted octanol–water partition coefficient (Wildman–Crippen LogP) is 1.35. The highest BCUT2D eigenvalue weighted by Gasteiger charge is 2.19. The van der Waals surface area contributed by atoms with Crippen LogP contribution < -0.4 is 10.3 Å². The number of fused-ring (bicyclic) bond motifs is 1. The lowest BCUT2D eigenvalue weighted by molar-refractivity contribution is -0.130. The van der Waals surface area contributed by atoms with Crippen LogP contribution in [0.2, 0.25) is 5.02 Å². The van der Waals surface area contributed by atoms with E-state index in [1.807, 2.05) is 0 Å². The highest BCUT2D eigenvalue weighted by molar-refractivity contribution is 6.37. The number of para-hydroxylation sites is 1. The number of carboxylic acid groups (broad SMARTS) is 1. The largest absolute Gasteiger partial charge is 0.475 e. The van der Waals surface area contributed by atoms with Gasteiger partial charge in [-0.3, -0.25) is 0 Å². The highest BCUT2D eigenvalue weighted by atomic mass is 35.5. The topological polar surface area (TPSA) is 70.9 Å². The summed E-state index contributed by atoms with van der Waals surface area (Å²) in [4.78, 5) is 19.3. The molecule has 14 heavy (non-hydrogen) atoms. The number of rotatable bonds is 1. The van der Waals surface area contributed by atoms with Crippen LogP contribution >= 0.6 is 11.6 Å². The average Bonchev–Trinajstić information content (AvgIpc) is 2.18. The van der Waals surface area contributed by atoms with Crippen LogP contribution in [0.4, 0.5) is 5.69 Å². The number of benzene rings is 1. The van der Waals surface area contributed by atoms with Gasteiger partial charge in [0.1, 0.15) is 5.69 Å². The number of carboxylic acids is 1. The van der Waals surface area contributed by atoms with Gasteiger partial charge in [-0.25, -0.2) is 9.79 Å². The number of nitrogens with one attached hydrogen (secondary N) is 1. The zero-order valence-corrected chi connectivity index (χ0v) is 7.58. The van der Waals surface area contributed by atoms with Crippen molar-refractivity contribution in [2.75, 3.05) is 0 Å². The fourth-order valence-electron chi connectivity index (χ4n) is 1.02. The quantitative estimate of drug-likeness (QED) is 0.737. The maximum atomic E-state index is 10.6. The maximum Gasteiger partial charge on any atom is 0.374 e. The Hall–Kier alpha value is -1.75. The summed E-state index contributed by atoms with van der Waals surface area (Å²) < 4.78 is 0. The van der Waals surface area contributed by atoms with E-state index in [9.17, 15) is 4.79 Å². The molecule has 0 spiro atoms. The summed E-state index contributed by atoms with van der Waals surface area (Å²) in [6, 6.07) is 4.93. The number of nitrogens with zero attached hydrogens (tertiary/aromatic N) is 1. The zero-order chi connectivity index (χ0) is 10.1. The average molecular weight is 213 g/mol. The Bertz CT molecular complexity index is 431. The number of hydroxylamine groups is 1. The molecule has 2 rings (SSSR count). The van der Waals surface area contributed by atoms with Gasteiger partial charge < -0.3 is 9.94 Å². The van der Waals surface area contributed by atoms with Crippen LogP contribution in [0.15, 0.2) is 23.2 Å². The van der Waals surface area contributed by atoms with Gasteiger partial charge in [0.15, 0.2) is 5.75 Å². The lowest BCUT2D eigenvalue weighted by Crippen LogP contribution is -2.35. The molecule has 6 heteroatoms. The molecule has 0 unspecified atom stereocenters. The first kappa shape index (κ1) is 8.83. The van der Waals surface area contributed by atoms with Gasteiger partial charge in [0.25, 0.3) is 0 Å². The van der Waals surface area contributed by atoms with Crippen molar-refractivity contribution in [2.24, 2.45) is 4.99 Å². The molecule has 0 amide bonds. The molecule has 1 aliphatic rings. The van der Waals surface area contributed by atoms with Gasteiger partial charge in [0, 0.05) is 0 Å². The van der Waals surface area contributed by atoms with E-state index in [-0.39, 0.29) is 5.84 Å². The van der Waals surface area contributed by atoms with Gasteiger partial charge in [0.2, 0.25) is 5.84 Å². The lowest BCUT2D eigenvalue weighted by Gasteiger charge is -2.15. The Morgan fingerprint density at radius 3 is 3.07 bits per heavy atom. The molecule has 0 aliphatic carbocycles. The molecule has 0 radical (unpaired) electrons. The first-order chi connectivity index (χ1) is 6.68. The van der Waals surface area contributed by atoms with E-state index >= 15 is 0 Å². The predicted molar refractivity (Wildman–Crippen MR) is 49.9 cm³/mol. The molecule has 0 atom stereocenters. The summed E-state index contributed by atoms with van der Waals surface area (Å²) in [5.41, 5.74) is 2.52. The first-order valence-electron chi connectivity index (χ1n) is 3.72. The minimum Gasteiger partial charge on any atom is -0.475 e. The van der Waals surface area contributed by atoms with Gasteiger partial charge in [-0.05, 0) is 12.1 Å². The molecule has 0 aromatic heterocycles. The molecular formula is C8H5ClN2O3. The van der Waals surface area contributed by atoms with Crippen LogP contribution in [0.25, 0.3) is 0 Å². The number of carbonyl (C=O) groups is 1. The third kappa shape index (κ3) is 1.38. The number of hydrogen-bond acceptors (Lipinski definition) is 4. The van der Waals surface area contributed by atoms with Crippen molar-refractivity contribution in [2.45, 2.75) is 0 Å². The second-order valence-electron chi connectivity index (χ2n) is 2.56. The molecule has 5 nitrogen and oxygen atoms in total. The van der Waals surface area contributed by atoms with Crippen LogP contribution in [0.3, 0.4) is 0 Å². The van der Waals surface area contributed by atoms with Gasteiger partial charge in [-0.1, -0.05) is 17.7 Å². The van der Waals surface area contributed by atoms with Crippen molar-refractivity contribution in [1.29, 1.82) is 0 Å². The molecule has 0 saturated carbocycles.